The summed E-state index contributed by atoms with van der Waals surface area (Å²) in [6, 6.07) is 6.16. The molecule has 0 aliphatic heterocycles. The van der Waals surface area contributed by atoms with E-state index in [9.17, 15) is 14.0 Å². The molecule has 0 atom stereocenters. The Bertz CT molecular complexity index is 1170. The van der Waals surface area contributed by atoms with Crippen molar-refractivity contribution in [2.24, 2.45) is 0 Å². The van der Waals surface area contributed by atoms with Crippen molar-refractivity contribution in [3.05, 3.63) is 47.5 Å². The third-order valence-electron chi connectivity index (χ3n) is 6.19. The zero-order chi connectivity index (χ0) is 22.3. The number of amides is 1. The number of aromatic nitrogens is 3. The fourth-order valence-electron chi connectivity index (χ4n) is 4.24. The van der Waals surface area contributed by atoms with E-state index in [1.807, 2.05) is 6.07 Å². The maximum atomic E-state index is 14.2. The number of ketones is 1. The second kappa shape index (κ2) is 7.76. The number of Topliss-reactive ketones (excluding diaryl/α,β-unsaturated/α-hetero) is 1. The van der Waals surface area contributed by atoms with Crippen LogP contribution in [0.5, 0.6) is 0 Å². The average molecular weight is 423 g/mol. The Hall–Kier alpha value is -3.29. The topological polar surface area (TPSA) is 80.1 Å². The van der Waals surface area contributed by atoms with Crippen LogP contribution in [-0.2, 0) is 5.54 Å². The van der Waals surface area contributed by atoms with Gasteiger partial charge in [0.15, 0.2) is 5.78 Å². The van der Waals surface area contributed by atoms with Crippen LogP contribution in [0.2, 0.25) is 0 Å². The highest BCUT2D eigenvalue weighted by Crippen LogP contribution is 2.45. The van der Waals surface area contributed by atoms with Crippen LogP contribution in [0, 0.1) is 5.82 Å². The number of halogens is 1. The maximum Gasteiger partial charge on any atom is 0.270 e. The molecule has 162 valence electrons. The second-order valence-corrected chi connectivity index (χ2v) is 8.34. The minimum atomic E-state index is -0.597. The molecule has 1 N–H and O–H groups in total. The summed E-state index contributed by atoms with van der Waals surface area (Å²) < 4.78 is 16.3. The predicted octanol–water partition coefficient (Wildman–Crippen LogP) is 4.51. The van der Waals surface area contributed by atoms with Gasteiger partial charge in [0.25, 0.3) is 5.91 Å². The average Bonchev–Trinajstić information content (AvgIpc) is 3.06. The summed E-state index contributed by atoms with van der Waals surface area (Å²) >= 11 is 0. The van der Waals surface area contributed by atoms with Gasteiger partial charge in [-0.3, -0.25) is 9.59 Å². The predicted molar refractivity (Wildman–Crippen MR) is 117 cm³/mol. The van der Waals surface area contributed by atoms with E-state index >= 15 is 0 Å². The Morgan fingerprint density at radius 3 is 2.55 bits per heavy atom. The molecule has 0 saturated heterocycles. The SMILES string of the molecule is CCC1(n2c(C(=O)N(C)C)cc3cnc(Nc4ccc(C(C)=O)c(F)c4)nc32)CCC1. The van der Waals surface area contributed by atoms with Crippen LogP contribution < -0.4 is 5.32 Å². The smallest absolute Gasteiger partial charge is 0.270 e. The van der Waals surface area contributed by atoms with Crippen molar-refractivity contribution in [3.63, 3.8) is 0 Å². The largest absolute Gasteiger partial charge is 0.343 e. The van der Waals surface area contributed by atoms with E-state index in [1.165, 1.54) is 19.1 Å². The van der Waals surface area contributed by atoms with Crippen molar-refractivity contribution in [2.75, 3.05) is 19.4 Å². The molecule has 0 unspecified atom stereocenters. The van der Waals surface area contributed by atoms with Gasteiger partial charge < -0.3 is 14.8 Å². The van der Waals surface area contributed by atoms with Crippen LogP contribution in [0.4, 0.5) is 16.0 Å². The lowest BCUT2D eigenvalue weighted by atomic mass is 9.74. The first-order valence-electron chi connectivity index (χ1n) is 10.4. The molecule has 8 heteroatoms. The Morgan fingerprint density at radius 2 is 2.00 bits per heavy atom. The highest BCUT2D eigenvalue weighted by molar-refractivity contribution is 5.98. The molecule has 1 aliphatic rings. The van der Waals surface area contributed by atoms with E-state index in [0.29, 0.717) is 23.0 Å². The maximum absolute atomic E-state index is 14.2. The van der Waals surface area contributed by atoms with Gasteiger partial charge in [-0.25, -0.2) is 9.37 Å². The van der Waals surface area contributed by atoms with E-state index in [1.54, 1.807) is 31.3 Å². The van der Waals surface area contributed by atoms with Gasteiger partial charge >= 0.3 is 0 Å². The Morgan fingerprint density at radius 1 is 1.26 bits per heavy atom. The normalized spacial score (nSPS) is 14.9. The number of rotatable bonds is 6. The summed E-state index contributed by atoms with van der Waals surface area (Å²) in [6.07, 6.45) is 5.67. The highest BCUT2D eigenvalue weighted by atomic mass is 19.1. The first-order chi connectivity index (χ1) is 14.8. The summed E-state index contributed by atoms with van der Waals surface area (Å²) in [5, 5.41) is 3.80. The van der Waals surface area contributed by atoms with E-state index < -0.39 is 5.82 Å². The van der Waals surface area contributed by atoms with Crippen molar-refractivity contribution in [1.29, 1.82) is 0 Å². The van der Waals surface area contributed by atoms with E-state index in [2.05, 4.69) is 21.8 Å². The number of nitrogens with zero attached hydrogens (tertiary/aromatic N) is 4. The molecule has 3 aromatic rings. The van der Waals surface area contributed by atoms with Crippen LogP contribution in [0.25, 0.3) is 11.0 Å². The molecule has 0 bridgehead atoms. The molecule has 0 radical (unpaired) electrons. The standard InChI is InChI=1S/C23H26FN5O2/c1-5-23(9-6-10-23)29-19(21(31)28(3)4)11-15-13-25-22(27-20(15)29)26-16-7-8-17(14(2)30)18(24)12-16/h7-8,11-13H,5-6,9-10H2,1-4H3,(H,25,26,27). The summed E-state index contributed by atoms with van der Waals surface area (Å²) in [5.41, 5.74) is 1.63. The third-order valence-corrected chi connectivity index (χ3v) is 6.19. The minimum Gasteiger partial charge on any atom is -0.343 e. The lowest BCUT2D eigenvalue weighted by Crippen LogP contribution is -2.42. The molecule has 2 aromatic heterocycles. The molecule has 1 amide bonds. The van der Waals surface area contributed by atoms with Gasteiger partial charge in [-0.1, -0.05) is 6.92 Å². The first-order valence-corrected chi connectivity index (χ1v) is 10.4. The molecule has 1 fully saturated rings. The Labute approximate surface area is 180 Å². The molecule has 4 rings (SSSR count). The van der Waals surface area contributed by atoms with E-state index in [-0.39, 0.29) is 22.8 Å². The number of carbonyl (C=O) groups excluding carboxylic acids is 2. The van der Waals surface area contributed by atoms with Crippen molar-refractivity contribution < 1.29 is 14.0 Å². The quantitative estimate of drug-likeness (QED) is 0.590. The third kappa shape index (κ3) is 3.56. The molecular weight excluding hydrogens is 397 g/mol. The summed E-state index contributed by atoms with van der Waals surface area (Å²) in [7, 11) is 3.48. The molecule has 1 aromatic carbocycles. The van der Waals surface area contributed by atoms with Crippen LogP contribution in [0.15, 0.2) is 30.5 Å². The number of benzene rings is 1. The van der Waals surface area contributed by atoms with Crippen molar-refractivity contribution in [2.45, 2.75) is 45.1 Å². The molecule has 0 spiro atoms. The minimum absolute atomic E-state index is 0.0394. The number of fused-ring (bicyclic) bond motifs is 1. The lowest BCUT2D eigenvalue weighted by Gasteiger charge is -2.44. The number of anilines is 2. The van der Waals surface area contributed by atoms with Gasteiger partial charge in [-0.05, 0) is 56.9 Å². The van der Waals surface area contributed by atoms with E-state index in [0.717, 1.165) is 31.1 Å². The highest BCUT2D eigenvalue weighted by Gasteiger charge is 2.41. The number of hydrogen-bond acceptors (Lipinski definition) is 5. The monoisotopic (exact) mass is 423 g/mol. The van der Waals surface area contributed by atoms with Gasteiger partial charge in [0, 0.05) is 36.9 Å². The molecule has 31 heavy (non-hydrogen) atoms. The molecular formula is C23H26FN5O2. The molecule has 1 aliphatic carbocycles. The first kappa shape index (κ1) is 21.0. The van der Waals surface area contributed by atoms with Gasteiger partial charge in [-0.2, -0.15) is 4.98 Å². The summed E-state index contributed by atoms with van der Waals surface area (Å²) in [4.78, 5) is 35.0. The number of hydrogen-bond donors (Lipinski definition) is 1. The van der Waals surface area contributed by atoms with Crippen molar-refractivity contribution in [1.82, 2.24) is 19.4 Å². The van der Waals surface area contributed by atoms with Crippen LogP contribution in [-0.4, -0.2) is 45.2 Å². The molecule has 7 nitrogen and oxygen atoms in total. The number of carbonyl (C=O) groups is 2. The fraction of sp³-hybridized carbons (Fsp3) is 0.391. The van der Waals surface area contributed by atoms with Gasteiger partial charge in [0.05, 0.1) is 5.56 Å². The van der Waals surface area contributed by atoms with Gasteiger partial charge in [0.1, 0.15) is 17.2 Å². The van der Waals surface area contributed by atoms with E-state index in [4.69, 9.17) is 4.98 Å². The van der Waals surface area contributed by atoms with Gasteiger partial charge in [0.2, 0.25) is 5.95 Å². The van der Waals surface area contributed by atoms with Crippen LogP contribution >= 0.6 is 0 Å². The van der Waals surface area contributed by atoms with Crippen molar-refractivity contribution >= 4 is 34.4 Å². The summed E-state index contributed by atoms with van der Waals surface area (Å²) in [5.74, 6) is -0.700. The van der Waals surface area contributed by atoms with Gasteiger partial charge in [-0.15, -0.1) is 0 Å². The molecule has 1 saturated carbocycles. The second-order valence-electron chi connectivity index (χ2n) is 8.34. The summed E-state index contributed by atoms with van der Waals surface area (Å²) in [6.45, 7) is 3.46. The van der Waals surface area contributed by atoms with Crippen molar-refractivity contribution in [3.8, 4) is 0 Å². The Kier molecular flexibility index (Phi) is 5.24. The van der Waals surface area contributed by atoms with Crippen LogP contribution in [0.1, 0.15) is 60.4 Å². The van der Waals surface area contributed by atoms with Crippen LogP contribution in [0.3, 0.4) is 0 Å². The fourth-order valence-corrected chi connectivity index (χ4v) is 4.24. The lowest BCUT2D eigenvalue weighted by molar-refractivity contribution is 0.0780. The zero-order valence-electron chi connectivity index (χ0n) is 18.2. The number of nitrogens with one attached hydrogen (secondary N) is 1. The Balaban J connectivity index is 1.79. The molecule has 2 heterocycles. The zero-order valence-corrected chi connectivity index (χ0v) is 18.2.